The first-order valence-electron chi connectivity index (χ1n) is 5.22. The molecular formula is C12H13ClN2O3. The monoisotopic (exact) mass is 268 g/mol. The maximum atomic E-state index is 11.0. The molecule has 18 heavy (non-hydrogen) atoms. The van der Waals surface area contributed by atoms with E-state index in [9.17, 15) is 9.90 Å². The molecule has 0 saturated carbocycles. The van der Waals surface area contributed by atoms with Crippen LogP contribution in [0.4, 0.5) is 11.4 Å². The number of halogens is 1. The molecule has 0 amide bonds. The Morgan fingerprint density at radius 1 is 1.56 bits per heavy atom. The second kappa shape index (κ2) is 5.71. The second-order valence-electron chi connectivity index (χ2n) is 3.88. The summed E-state index contributed by atoms with van der Waals surface area (Å²) in [5.41, 5.74) is 1.38. The van der Waals surface area contributed by atoms with Gasteiger partial charge >= 0.3 is 5.97 Å². The fraction of sp³-hybridized carbons (Fsp3) is 0.333. The fourth-order valence-corrected chi connectivity index (χ4v) is 1.68. The molecule has 3 N–H and O–H groups in total. The summed E-state index contributed by atoms with van der Waals surface area (Å²) < 4.78 is 0. The average Bonchev–Trinajstić information content (AvgIpc) is 2.30. The predicted molar refractivity (Wildman–Crippen MR) is 69.2 cm³/mol. The Balaban J connectivity index is 3.09. The highest BCUT2D eigenvalue weighted by atomic mass is 35.5. The van der Waals surface area contributed by atoms with Crippen LogP contribution in [-0.4, -0.2) is 28.3 Å². The zero-order valence-electron chi connectivity index (χ0n) is 9.94. The van der Waals surface area contributed by atoms with Gasteiger partial charge in [0.2, 0.25) is 5.69 Å². The predicted octanol–water partition coefficient (Wildman–Crippen LogP) is 2.45. The number of aliphatic hydroxyl groups excluding tert-OH is 1. The third-order valence-corrected chi connectivity index (χ3v) is 3.02. The minimum absolute atomic E-state index is 0.282. The number of aliphatic hydroxyl groups is 1. The van der Waals surface area contributed by atoms with Crippen molar-refractivity contribution in [2.45, 2.75) is 26.0 Å². The van der Waals surface area contributed by atoms with Gasteiger partial charge in [-0.25, -0.2) is 9.64 Å². The summed E-state index contributed by atoms with van der Waals surface area (Å²) >= 11 is 5.98. The fourth-order valence-electron chi connectivity index (χ4n) is 1.47. The SMILES string of the molecule is [C-]#[N+]c1ccc(N[C@@H](C(=O)O)[C@@H](C)O)c(C)c1Cl. The molecule has 5 nitrogen and oxygen atoms in total. The van der Waals surface area contributed by atoms with Crippen molar-refractivity contribution >= 4 is 28.9 Å². The van der Waals surface area contributed by atoms with E-state index >= 15 is 0 Å². The molecule has 0 bridgehead atoms. The molecule has 96 valence electrons. The van der Waals surface area contributed by atoms with Crippen LogP contribution in [0, 0.1) is 13.5 Å². The Morgan fingerprint density at radius 2 is 2.17 bits per heavy atom. The molecule has 0 heterocycles. The van der Waals surface area contributed by atoms with E-state index in [-0.39, 0.29) is 5.02 Å². The van der Waals surface area contributed by atoms with Crippen molar-refractivity contribution in [1.29, 1.82) is 0 Å². The lowest BCUT2D eigenvalue weighted by molar-refractivity contribution is -0.140. The molecule has 0 fully saturated rings. The maximum Gasteiger partial charge on any atom is 0.328 e. The standard InChI is InChI=1S/C12H13ClN2O3/c1-6-8(4-5-9(14-3)10(6)13)15-11(7(2)16)12(17)18/h4-5,7,11,15-16H,1-2H3,(H,17,18)/t7-,11-/m1/s1. The van der Waals surface area contributed by atoms with Gasteiger partial charge in [-0.05, 0) is 25.5 Å². The quantitative estimate of drug-likeness (QED) is 0.734. The van der Waals surface area contributed by atoms with Gasteiger partial charge in [-0.3, -0.25) is 0 Å². The van der Waals surface area contributed by atoms with Crippen LogP contribution in [0.1, 0.15) is 12.5 Å². The normalized spacial score (nSPS) is 13.5. The zero-order valence-corrected chi connectivity index (χ0v) is 10.7. The summed E-state index contributed by atoms with van der Waals surface area (Å²) in [6, 6.07) is 1.96. The van der Waals surface area contributed by atoms with Gasteiger partial charge < -0.3 is 15.5 Å². The number of carboxylic acids is 1. The zero-order chi connectivity index (χ0) is 13.9. The Morgan fingerprint density at radius 3 is 2.61 bits per heavy atom. The second-order valence-corrected chi connectivity index (χ2v) is 4.26. The number of hydrogen-bond donors (Lipinski definition) is 3. The number of nitrogens with one attached hydrogen (secondary N) is 1. The maximum absolute atomic E-state index is 11.0. The van der Waals surface area contributed by atoms with Crippen molar-refractivity contribution in [3.8, 4) is 0 Å². The van der Waals surface area contributed by atoms with Crippen LogP contribution in [0.5, 0.6) is 0 Å². The molecule has 0 aliphatic carbocycles. The number of benzene rings is 1. The van der Waals surface area contributed by atoms with Crippen molar-refractivity contribution in [2.24, 2.45) is 0 Å². The van der Waals surface area contributed by atoms with Crippen LogP contribution in [0.2, 0.25) is 5.02 Å². The topological polar surface area (TPSA) is 73.9 Å². The third-order valence-electron chi connectivity index (χ3n) is 2.55. The van der Waals surface area contributed by atoms with Crippen molar-refractivity contribution < 1.29 is 15.0 Å². The highest BCUT2D eigenvalue weighted by molar-refractivity contribution is 6.34. The van der Waals surface area contributed by atoms with Gasteiger partial charge in [-0.1, -0.05) is 17.7 Å². The molecule has 2 atom stereocenters. The molecule has 0 unspecified atom stereocenters. The summed E-state index contributed by atoms with van der Waals surface area (Å²) in [4.78, 5) is 14.2. The molecule has 0 radical (unpaired) electrons. The first kappa shape index (κ1) is 14.3. The van der Waals surface area contributed by atoms with E-state index in [2.05, 4.69) is 10.2 Å². The van der Waals surface area contributed by atoms with Crippen LogP contribution < -0.4 is 5.32 Å². The van der Waals surface area contributed by atoms with Gasteiger partial charge in [0.25, 0.3) is 0 Å². The van der Waals surface area contributed by atoms with Gasteiger partial charge in [0.05, 0.1) is 17.7 Å². The highest BCUT2D eigenvalue weighted by Gasteiger charge is 2.23. The lowest BCUT2D eigenvalue weighted by atomic mass is 10.1. The summed E-state index contributed by atoms with van der Waals surface area (Å²) in [6.45, 7) is 9.98. The summed E-state index contributed by atoms with van der Waals surface area (Å²) in [5.74, 6) is -1.16. The third kappa shape index (κ3) is 2.92. The van der Waals surface area contributed by atoms with Crippen LogP contribution in [0.3, 0.4) is 0 Å². The Kier molecular flexibility index (Phi) is 4.54. The largest absolute Gasteiger partial charge is 0.480 e. The van der Waals surface area contributed by atoms with Crippen molar-refractivity contribution in [3.63, 3.8) is 0 Å². The van der Waals surface area contributed by atoms with Crippen LogP contribution in [-0.2, 0) is 4.79 Å². The Hall–Kier alpha value is -1.77. The van der Waals surface area contributed by atoms with E-state index in [0.717, 1.165) is 0 Å². The lowest BCUT2D eigenvalue weighted by Crippen LogP contribution is -2.39. The first-order chi connectivity index (χ1) is 8.38. The number of aliphatic carboxylic acids is 1. The van der Waals surface area contributed by atoms with Crippen LogP contribution in [0.15, 0.2) is 12.1 Å². The molecule has 0 aliphatic rings. The summed E-state index contributed by atoms with van der Waals surface area (Å²) in [6.07, 6.45) is -1.05. The molecule has 1 aromatic carbocycles. The minimum atomic E-state index is -1.16. The average molecular weight is 269 g/mol. The smallest absolute Gasteiger partial charge is 0.328 e. The minimum Gasteiger partial charge on any atom is -0.480 e. The van der Waals surface area contributed by atoms with Crippen molar-refractivity contribution in [3.05, 3.63) is 34.1 Å². The molecular weight excluding hydrogens is 256 g/mol. The molecule has 0 spiro atoms. The summed E-state index contributed by atoms with van der Waals surface area (Å²) in [5, 5.41) is 21.3. The molecule has 0 saturated heterocycles. The van der Waals surface area contributed by atoms with Gasteiger partial charge in [0, 0.05) is 5.69 Å². The number of nitrogens with zero attached hydrogens (tertiary/aromatic N) is 1. The van der Waals surface area contributed by atoms with Gasteiger partial charge in [-0.15, -0.1) is 0 Å². The molecule has 1 rings (SSSR count). The number of carbonyl (C=O) groups is 1. The lowest BCUT2D eigenvalue weighted by Gasteiger charge is -2.20. The van der Waals surface area contributed by atoms with Crippen LogP contribution >= 0.6 is 11.6 Å². The van der Waals surface area contributed by atoms with E-state index in [0.29, 0.717) is 16.9 Å². The number of carboxylic acid groups (broad SMARTS) is 1. The highest BCUT2D eigenvalue weighted by Crippen LogP contribution is 2.33. The summed E-state index contributed by atoms with van der Waals surface area (Å²) in [7, 11) is 0. The molecule has 0 aliphatic heterocycles. The van der Waals surface area contributed by atoms with E-state index in [1.807, 2.05) is 0 Å². The van der Waals surface area contributed by atoms with Gasteiger partial charge in [0.1, 0.15) is 0 Å². The Bertz CT molecular complexity index is 509. The molecule has 0 aromatic heterocycles. The van der Waals surface area contributed by atoms with Crippen molar-refractivity contribution in [1.82, 2.24) is 0 Å². The van der Waals surface area contributed by atoms with Gasteiger partial charge in [-0.2, -0.15) is 0 Å². The van der Waals surface area contributed by atoms with E-state index in [1.165, 1.54) is 13.0 Å². The first-order valence-corrected chi connectivity index (χ1v) is 5.60. The number of anilines is 1. The number of rotatable bonds is 4. The van der Waals surface area contributed by atoms with Gasteiger partial charge in [0.15, 0.2) is 6.04 Å². The van der Waals surface area contributed by atoms with E-state index in [4.69, 9.17) is 23.3 Å². The molecule has 1 aromatic rings. The molecule has 6 heteroatoms. The van der Waals surface area contributed by atoms with Crippen LogP contribution in [0.25, 0.3) is 4.85 Å². The van der Waals surface area contributed by atoms with E-state index in [1.54, 1.807) is 13.0 Å². The van der Waals surface area contributed by atoms with E-state index < -0.39 is 18.1 Å². The van der Waals surface area contributed by atoms with Crippen molar-refractivity contribution in [2.75, 3.05) is 5.32 Å². The Labute approximate surface area is 110 Å². The number of hydrogen-bond acceptors (Lipinski definition) is 3.